The molecule has 19 heavy (non-hydrogen) atoms. The summed E-state index contributed by atoms with van der Waals surface area (Å²) in [5, 5.41) is 0. The lowest BCUT2D eigenvalue weighted by Gasteiger charge is -2.11. The van der Waals surface area contributed by atoms with Crippen LogP contribution in [0.5, 0.6) is 0 Å². The van der Waals surface area contributed by atoms with Crippen LogP contribution in [0, 0.1) is 0 Å². The van der Waals surface area contributed by atoms with E-state index in [0.717, 1.165) is 25.7 Å². The first kappa shape index (κ1) is 13.9. The molecule has 5 heteroatoms. The SMILES string of the molecule is NC(CCl)=Nc1ccc(C(=O)OC2CCCC2)cc1. The highest BCUT2D eigenvalue weighted by atomic mass is 35.5. The van der Waals surface area contributed by atoms with Crippen molar-refractivity contribution in [1.82, 2.24) is 0 Å². The highest BCUT2D eigenvalue weighted by Crippen LogP contribution is 2.22. The number of carbonyl (C=O) groups excluding carboxylic acids is 1. The zero-order chi connectivity index (χ0) is 13.7. The summed E-state index contributed by atoms with van der Waals surface area (Å²) in [6.07, 6.45) is 4.31. The first-order valence-corrected chi connectivity index (χ1v) is 6.92. The summed E-state index contributed by atoms with van der Waals surface area (Å²) >= 11 is 5.55. The molecule has 0 saturated heterocycles. The lowest BCUT2D eigenvalue weighted by atomic mass is 10.2. The number of amidine groups is 1. The molecule has 4 nitrogen and oxygen atoms in total. The average Bonchev–Trinajstić information content (AvgIpc) is 2.92. The lowest BCUT2D eigenvalue weighted by molar-refractivity contribution is 0.0318. The smallest absolute Gasteiger partial charge is 0.338 e. The molecular weight excluding hydrogens is 264 g/mol. The van der Waals surface area contributed by atoms with Gasteiger partial charge in [0.1, 0.15) is 11.9 Å². The number of carbonyl (C=O) groups is 1. The van der Waals surface area contributed by atoms with Crippen LogP contribution >= 0.6 is 11.6 Å². The highest BCUT2D eigenvalue weighted by Gasteiger charge is 2.19. The number of hydrogen-bond donors (Lipinski definition) is 1. The van der Waals surface area contributed by atoms with Gasteiger partial charge in [-0.3, -0.25) is 0 Å². The van der Waals surface area contributed by atoms with E-state index in [-0.39, 0.29) is 18.0 Å². The van der Waals surface area contributed by atoms with Crippen molar-refractivity contribution < 1.29 is 9.53 Å². The highest BCUT2D eigenvalue weighted by molar-refractivity contribution is 6.28. The molecule has 0 amide bonds. The number of nitrogens with zero attached hydrogens (tertiary/aromatic N) is 1. The van der Waals surface area contributed by atoms with Crippen molar-refractivity contribution in [2.75, 3.05) is 5.88 Å². The molecule has 1 fully saturated rings. The average molecular weight is 281 g/mol. The molecule has 0 aliphatic heterocycles. The maximum absolute atomic E-state index is 11.9. The van der Waals surface area contributed by atoms with E-state index in [2.05, 4.69) is 4.99 Å². The largest absolute Gasteiger partial charge is 0.459 e. The summed E-state index contributed by atoms with van der Waals surface area (Å²) in [5.41, 5.74) is 6.75. The molecule has 1 aliphatic carbocycles. The predicted molar refractivity (Wildman–Crippen MR) is 76.1 cm³/mol. The van der Waals surface area contributed by atoms with Crippen LogP contribution in [0.1, 0.15) is 36.0 Å². The van der Waals surface area contributed by atoms with Crippen LogP contribution in [0.2, 0.25) is 0 Å². The molecule has 0 spiro atoms. The van der Waals surface area contributed by atoms with Gasteiger partial charge in [-0.15, -0.1) is 11.6 Å². The number of rotatable bonds is 4. The van der Waals surface area contributed by atoms with E-state index in [1.165, 1.54) is 0 Å². The van der Waals surface area contributed by atoms with Gasteiger partial charge in [0, 0.05) is 0 Å². The molecule has 1 aromatic rings. The molecule has 2 N–H and O–H groups in total. The number of nitrogens with two attached hydrogens (primary N) is 1. The number of hydrogen-bond acceptors (Lipinski definition) is 3. The van der Waals surface area contributed by atoms with E-state index in [1.54, 1.807) is 24.3 Å². The summed E-state index contributed by atoms with van der Waals surface area (Å²) < 4.78 is 5.42. The van der Waals surface area contributed by atoms with Gasteiger partial charge in [0.25, 0.3) is 0 Å². The number of benzene rings is 1. The second-order valence-electron chi connectivity index (χ2n) is 4.60. The zero-order valence-electron chi connectivity index (χ0n) is 10.6. The first-order chi connectivity index (χ1) is 9.19. The van der Waals surface area contributed by atoms with E-state index in [1.807, 2.05) is 0 Å². The molecule has 0 unspecified atom stereocenters. The maximum Gasteiger partial charge on any atom is 0.338 e. The topological polar surface area (TPSA) is 64.7 Å². The van der Waals surface area contributed by atoms with Gasteiger partial charge >= 0.3 is 5.97 Å². The maximum atomic E-state index is 11.9. The van der Waals surface area contributed by atoms with Gasteiger partial charge in [-0.2, -0.15) is 0 Å². The molecule has 0 atom stereocenters. The molecular formula is C14H17ClN2O2. The monoisotopic (exact) mass is 280 g/mol. The van der Waals surface area contributed by atoms with Gasteiger partial charge in [-0.1, -0.05) is 0 Å². The second-order valence-corrected chi connectivity index (χ2v) is 4.86. The minimum absolute atomic E-state index is 0.0806. The van der Waals surface area contributed by atoms with Gasteiger partial charge in [0.2, 0.25) is 0 Å². The summed E-state index contributed by atoms with van der Waals surface area (Å²) in [4.78, 5) is 16.0. The number of halogens is 1. The molecule has 1 saturated carbocycles. The normalized spacial score (nSPS) is 16.6. The second kappa shape index (κ2) is 6.57. The Morgan fingerprint density at radius 1 is 1.32 bits per heavy atom. The third kappa shape index (κ3) is 3.96. The Morgan fingerprint density at radius 2 is 1.95 bits per heavy atom. The lowest BCUT2D eigenvalue weighted by Crippen LogP contribution is -2.14. The van der Waals surface area contributed by atoms with E-state index < -0.39 is 0 Å². The van der Waals surface area contributed by atoms with Crippen LogP contribution in [0.15, 0.2) is 29.3 Å². The van der Waals surface area contributed by atoms with Crippen LogP contribution in [0.25, 0.3) is 0 Å². The Bertz CT molecular complexity index is 465. The molecule has 1 aliphatic rings. The Kier molecular flexibility index (Phi) is 4.80. The van der Waals surface area contributed by atoms with E-state index >= 15 is 0 Å². The van der Waals surface area contributed by atoms with Crippen LogP contribution in [-0.2, 0) is 4.74 Å². The van der Waals surface area contributed by atoms with Crippen molar-refractivity contribution >= 4 is 29.1 Å². The van der Waals surface area contributed by atoms with Crippen molar-refractivity contribution in [1.29, 1.82) is 0 Å². The fourth-order valence-electron chi connectivity index (χ4n) is 2.09. The first-order valence-electron chi connectivity index (χ1n) is 6.39. The number of aliphatic imine (C=N–C) groups is 1. The standard InChI is InChI=1S/C14H17ClN2O2/c15-9-13(16)17-11-7-5-10(6-8-11)14(18)19-12-3-1-2-4-12/h5-8,12H,1-4,9H2,(H2,16,17). The number of esters is 1. The van der Waals surface area contributed by atoms with Gasteiger partial charge in [0.15, 0.2) is 0 Å². The Labute approximate surface area is 117 Å². The van der Waals surface area contributed by atoms with Crippen molar-refractivity contribution in [2.45, 2.75) is 31.8 Å². The minimum atomic E-state index is -0.271. The van der Waals surface area contributed by atoms with Gasteiger partial charge < -0.3 is 10.5 Å². The minimum Gasteiger partial charge on any atom is -0.459 e. The Balaban J connectivity index is 1.99. The van der Waals surface area contributed by atoms with Gasteiger partial charge in [-0.25, -0.2) is 9.79 Å². The van der Waals surface area contributed by atoms with E-state index in [9.17, 15) is 4.79 Å². The fraction of sp³-hybridized carbons (Fsp3) is 0.429. The van der Waals surface area contributed by atoms with Crippen molar-refractivity contribution in [3.05, 3.63) is 29.8 Å². The van der Waals surface area contributed by atoms with Crippen LogP contribution in [-0.4, -0.2) is 23.8 Å². The van der Waals surface area contributed by atoms with Crippen molar-refractivity contribution in [2.24, 2.45) is 10.7 Å². The van der Waals surface area contributed by atoms with E-state index in [4.69, 9.17) is 22.1 Å². The van der Waals surface area contributed by atoms with Crippen LogP contribution < -0.4 is 5.73 Å². The quantitative estimate of drug-likeness (QED) is 0.399. The molecule has 0 aromatic heterocycles. The molecule has 1 aromatic carbocycles. The number of alkyl halides is 1. The molecule has 102 valence electrons. The summed E-state index contributed by atoms with van der Waals surface area (Å²) in [5.74, 6) is 0.265. The molecule has 0 bridgehead atoms. The van der Waals surface area contributed by atoms with Crippen molar-refractivity contribution in [3.63, 3.8) is 0 Å². The fourth-order valence-corrected chi connectivity index (χ4v) is 2.15. The summed E-state index contributed by atoms with van der Waals surface area (Å²) in [7, 11) is 0. The van der Waals surface area contributed by atoms with Crippen molar-refractivity contribution in [3.8, 4) is 0 Å². The Hall–Kier alpha value is -1.55. The number of ether oxygens (including phenoxy) is 1. The summed E-state index contributed by atoms with van der Waals surface area (Å²) in [6, 6.07) is 6.84. The predicted octanol–water partition coefficient (Wildman–Crippen LogP) is 3.01. The van der Waals surface area contributed by atoms with Crippen LogP contribution in [0.3, 0.4) is 0 Å². The van der Waals surface area contributed by atoms with Gasteiger partial charge in [0.05, 0.1) is 17.1 Å². The third-order valence-electron chi connectivity index (χ3n) is 3.09. The summed E-state index contributed by atoms with van der Waals surface area (Å²) in [6.45, 7) is 0. The zero-order valence-corrected chi connectivity index (χ0v) is 11.4. The Morgan fingerprint density at radius 3 is 2.53 bits per heavy atom. The van der Waals surface area contributed by atoms with Crippen LogP contribution in [0.4, 0.5) is 5.69 Å². The molecule has 2 rings (SSSR count). The van der Waals surface area contributed by atoms with Gasteiger partial charge in [-0.05, 0) is 49.9 Å². The molecule has 0 heterocycles. The third-order valence-corrected chi connectivity index (χ3v) is 3.36. The van der Waals surface area contributed by atoms with E-state index in [0.29, 0.717) is 17.1 Å². The molecule has 0 radical (unpaired) electrons.